The van der Waals surface area contributed by atoms with Crippen molar-refractivity contribution in [3.63, 3.8) is 0 Å². The second-order valence-electron chi connectivity index (χ2n) is 8.11. The normalized spacial score (nSPS) is 15.1. The van der Waals surface area contributed by atoms with Crippen molar-refractivity contribution < 1.29 is 23.9 Å². The van der Waals surface area contributed by atoms with Gasteiger partial charge in [0, 0.05) is 25.6 Å². The van der Waals surface area contributed by atoms with Crippen molar-refractivity contribution in [2.45, 2.75) is 51.9 Å². The number of benzene rings is 2. The summed E-state index contributed by atoms with van der Waals surface area (Å²) in [4.78, 5) is 41.4. The van der Waals surface area contributed by atoms with Gasteiger partial charge >= 0.3 is 18.0 Å². The van der Waals surface area contributed by atoms with E-state index in [0.29, 0.717) is 13.0 Å². The SMILES string of the molecule is COC(=O)CCN(C(=O)N1Cc2ccccc2C[C@H]1C(=O)OCc1ccccc1)C(C)C. The summed E-state index contributed by atoms with van der Waals surface area (Å²) in [5, 5.41) is 0. The van der Waals surface area contributed by atoms with Gasteiger partial charge < -0.3 is 19.3 Å². The first kappa shape index (κ1) is 23.3. The summed E-state index contributed by atoms with van der Waals surface area (Å²) in [5.41, 5.74) is 2.92. The molecule has 0 saturated heterocycles. The summed E-state index contributed by atoms with van der Waals surface area (Å²) in [6, 6.07) is 16.1. The predicted molar refractivity (Wildman–Crippen MR) is 120 cm³/mol. The molecule has 2 aromatic rings. The fraction of sp³-hybridized carbons (Fsp3) is 0.400. The van der Waals surface area contributed by atoms with Gasteiger partial charge in [-0.05, 0) is 30.5 Å². The molecule has 0 fully saturated rings. The zero-order chi connectivity index (χ0) is 23.1. The number of methoxy groups -OCH3 is 1. The number of urea groups is 1. The van der Waals surface area contributed by atoms with Gasteiger partial charge in [0.05, 0.1) is 13.5 Å². The van der Waals surface area contributed by atoms with Gasteiger partial charge in [-0.2, -0.15) is 0 Å². The van der Waals surface area contributed by atoms with Gasteiger partial charge in [-0.15, -0.1) is 0 Å². The highest BCUT2D eigenvalue weighted by molar-refractivity contribution is 5.85. The van der Waals surface area contributed by atoms with Crippen LogP contribution in [0.2, 0.25) is 0 Å². The Morgan fingerprint density at radius 3 is 2.34 bits per heavy atom. The zero-order valence-electron chi connectivity index (χ0n) is 18.8. The predicted octanol–water partition coefficient (Wildman–Crippen LogP) is 3.55. The molecule has 7 nitrogen and oxygen atoms in total. The van der Waals surface area contributed by atoms with Crippen LogP contribution in [0.25, 0.3) is 0 Å². The number of ether oxygens (including phenoxy) is 2. The summed E-state index contributed by atoms with van der Waals surface area (Å²) in [6.45, 7) is 4.44. The monoisotopic (exact) mass is 438 g/mol. The number of esters is 2. The van der Waals surface area contributed by atoms with E-state index >= 15 is 0 Å². The van der Waals surface area contributed by atoms with E-state index in [9.17, 15) is 14.4 Å². The summed E-state index contributed by atoms with van der Waals surface area (Å²) in [5.74, 6) is -0.820. The van der Waals surface area contributed by atoms with Crippen molar-refractivity contribution >= 4 is 18.0 Å². The lowest BCUT2D eigenvalue weighted by atomic mass is 9.94. The average molecular weight is 439 g/mol. The molecule has 1 atom stereocenters. The fourth-order valence-electron chi connectivity index (χ4n) is 3.81. The van der Waals surface area contributed by atoms with Crippen molar-refractivity contribution in [3.05, 3.63) is 71.3 Å². The molecule has 0 N–H and O–H groups in total. The van der Waals surface area contributed by atoms with E-state index in [-0.39, 0.29) is 37.6 Å². The molecule has 0 bridgehead atoms. The number of fused-ring (bicyclic) bond motifs is 1. The number of carbonyl (C=O) groups excluding carboxylic acids is 3. The van der Waals surface area contributed by atoms with Crippen LogP contribution in [0.15, 0.2) is 54.6 Å². The lowest BCUT2D eigenvalue weighted by Crippen LogP contribution is -2.55. The Balaban J connectivity index is 1.81. The van der Waals surface area contributed by atoms with Crippen LogP contribution in [0.1, 0.15) is 37.0 Å². The number of amides is 2. The average Bonchev–Trinajstić information content (AvgIpc) is 2.81. The van der Waals surface area contributed by atoms with Crippen molar-refractivity contribution in [3.8, 4) is 0 Å². The molecule has 0 saturated carbocycles. The largest absolute Gasteiger partial charge is 0.469 e. The Morgan fingerprint density at radius 2 is 1.69 bits per heavy atom. The molecular formula is C25H30N2O5. The number of nitrogens with zero attached hydrogens (tertiary/aromatic N) is 2. The molecule has 0 spiro atoms. The van der Waals surface area contributed by atoms with Gasteiger partial charge in [-0.1, -0.05) is 54.6 Å². The zero-order valence-corrected chi connectivity index (χ0v) is 18.8. The molecule has 2 aromatic carbocycles. The van der Waals surface area contributed by atoms with E-state index in [2.05, 4.69) is 0 Å². The van der Waals surface area contributed by atoms with E-state index in [1.807, 2.05) is 68.4 Å². The maximum Gasteiger partial charge on any atom is 0.329 e. The molecule has 0 aliphatic carbocycles. The maximum atomic E-state index is 13.5. The minimum Gasteiger partial charge on any atom is -0.469 e. The molecule has 3 rings (SSSR count). The number of hydrogen-bond donors (Lipinski definition) is 0. The highest BCUT2D eigenvalue weighted by Gasteiger charge is 2.38. The van der Waals surface area contributed by atoms with E-state index in [1.165, 1.54) is 7.11 Å². The molecule has 170 valence electrons. The maximum absolute atomic E-state index is 13.5. The first-order chi connectivity index (χ1) is 15.4. The van der Waals surface area contributed by atoms with Gasteiger partial charge in [0.15, 0.2) is 0 Å². The van der Waals surface area contributed by atoms with Gasteiger partial charge in [0.1, 0.15) is 12.6 Å². The van der Waals surface area contributed by atoms with Crippen LogP contribution in [0.5, 0.6) is 0 Å². The van der Waals surface area contributed by atoms with Gasteiger partial charge in [-0.3, -0.25) is 4.79 Å². The van der Waals surface area contributed by atoms with E-state index in [1.54, 1.807) is 9.80 Å². The second-order valence-corrected chi connectivity index (χ2v) is 8.11. The molecule has 32 heavy (non-hydrogen) atoms. The molecule has 0 radical (unpaired) electrons. The first-order valence-corrected chi connectivity index (χ1v) is 10.8. The summed E-state index contributed by atoms with van der Waals surface area (Å²) >= 11 is 0. The van der Waals surface area contributed by atoms with Crippen LogP contribution >= 0.6 is 0 Å². The summed E-state index contributed by atoms with van der Waals surface area (Å²) in [7, 11) is 1.32. The minimum absolute atomic E-state index is 0.0912. The Labute approximate surface area is 188 Å². The third kappa shape index (κ3) is 5.66. The van der Waals surface area contributed by atoms with Crippen molar-refractivity contribution in [2.24, 2.45) is 0 Å². The van der Waals surface area contributed by atoms with Crippen LogP contribution in [-0.4, -0.2) is 53.5 Å². The van der Waals surface area contributed by atoms with Gasteiger partial charge in [0.25, 0.3) is 0 Å². The van der Waals surface area contributed by atoms with Gasteiger partial charge in [0.2, 0.25) is 0 Å². The molecule has 1 heterocycles. The molecule has 2 amide bonds. The highest BCUT2D eigenvalue weighted by atomic mass is 16.5. The van der Waals surface area contributed by atoms with E-state index < -0.39 is 12.0 Å². The molecule has 0 unspecified atom stereocenters. The van der Waals surface area contributed by atoms with Crippen LogP contribution in [0.3, 0.4) is 0 Å². The topological polar surface area (TPSA) is 76.2 Å². The van der Waals surface area contributed by atoms with Crippen molar-refractivity contribution in [1.82, 2.24) is 9.80 Å². The highest BCUT2D eigenvalue weighted by Crippen LogP contribution is 2.26. The van der Waals surface area contributed by atoms with Crippen LogP contribution in [-0.2, 0) is 38.6 Å². The standard InChI is InChI=1S/C25H30N2O5/c1-18(2)26(14-13-23(28)31-3)25(30)27-16-21-12-8-7-11-20(21)15-22(27)24(29)32-17-19-9-5-4-6-10-19/h4-12,18,22H,13-17H2,1-3H3/t22-/m0/s1. The van der Waals surface area contributed by atoms with Crippen LogP contribution < -0.4 is 0 Å². The Morgan fingerprint density at radius 1 is 1.03 bits per heavy atom. The lowest BCUT2D eigenvalue weighted by Gasteiger charge is -2.39. The van der Waals surface area contributed by atoms with Crippen LogP contribution in [0.4, 0.5) is 4.79 Å². The van der Waals surface area contributed by atoms with Crippen molar-refractivity contribution in [1.29, 1.82) is 0 Å². The molecule has 1 aliphatic heterocycles. The quantitative estimate of drug-likeness (QED) is 0.618. The van der Waals surface area contributed by atoms with Crippen molar-refractivity contribution in [2.75, 3.05) is 13.7 Å². The molecule has 0 aromatic heterocycles. The Bertz CT molecular complexity index is 944. The molecule has 1 aliphatic rings. The van der Waals surface area contributed by atoms with E-state index in [4.69, 9.17) is 9.47 Å². The Hall–Kier alpha value is -3.35. The fourth-order valence-corrected chi connectivity index (χ4v) is 3.81. The molecule has 7 heteroatoms. The second kappa shape index (κ2) is 10.8. The minimum atomic E-state index is -0.736. The third-order valence-electron chi connectivity index (χ3n) is 5.64. The first-order valence-electron chi connectivity index (χ1n) is 10.8. The number of rotatable bonds is 7. The van der Waals surface area contributed by atoms with E-state index in [0.717, 1.165) is 16.7 Å². The smallest absolute Gasteiger partial charge is 0.329 e. The number of hydrogen-bond acceptors (Lipinski definition) is 5. The van der Waals surface area contributed by atoms with Crippen LogP contribution in [0, 0.1) is 0 Å². The Kier molecular flexibility index (Phi) is 7.87. The summed E-state index contributed by atoms with van der Waals surface area (Å²) in [6.07, 6.45) is 0.479. The van der Waals surface area contributed by atoms with Gasteiger partial charge in [-0.25, -0.2) is 9.59 Å². The lowest BCUT2D eigenvalue weighted by molar-refractivity contribution is -0.151. The summed E-state index contributed by atoms with van der Waals surface area (Å²) < 4.78 is 10.3. The number of carbonyl (C=O) groups is 3. The third-order valence-corrected chi connectivity index (χ3v) is 5.64. The molecular weight excluding hydrogens is 408 g/mol.